The Labute approximate surface area is 170 Å². The number of thiazole rings is 1. The van der Waals surface area contributed by atoms with Crippen LogP contribution in [-0.4, -0.2) is 24.6 Å². The summed E-state index contributed by atoms with van der Waals surface area (Å²) in [6.07, 6.45) is 2.37. The van der Waals surface area contributed by atoms with Gasteiger partial charge in [0.1, 0.15) is 0 Å². The number of rotatable bonds is 8. The van der Waals surface area contributed by atoms with Crippen molar-refractivity contribution in [2.45, 2.75) is 52.1 Å². The standard InChI is InChI=1S/C21H29FN4OS/c1-13(2)20-26-17(12-28-20)10-24-21(23-4)25-14(3)16-7-8-19(18(22)9-16)27-11-15-5-6-15/h7-9,12-15H,5-6,10-11H2,1-4H3,(H2,23,24,25). The van der Waals surface area contributed by atoms with Crippen LogP contribution in [0, 0.1) is 11.7 Å². The van der Waals surface area contributed by atoms with Crippen molar-refractivity contribution in [1.29, 1.82) is 0 Å². The van der Waals surface area contributed by atoms with Crippen molar-refractivity contribution >= 4 is 17.3 Å². The zero-order valence-corrected chi connectivity index (χ0v) is 17.8. The molecule has 0 saturated heterocycles. The smallest absolute Gasteiger partial charge is 0.191 e. The number of ether oxygens (including phenoxy) is 1. The van der Waals surface area contributed by atoms with Crippen LogP contribution in [0.25, 0.3) is 0 Å². The van der Waals surface area contributed by atoms with Gasteiger partial charge in [0, 0.05) is 18.3 Å². The van der Waals surface area contributed by atoms with Gasteiger partial charge in [-0.2, -0.15) is 0 Å². The van der Waals surface area contributed by atoms with E-state index in [4.69, 9.17) is 4.74 Å². The quantitative estimate of drug-likeness (QED) is 0.498. The molecule has 152 valence electrons. The lowest BCUT2D eigenvalue weighted by Gasteiger charge is -2.18. The summed E-state index contributed by atoms with van der Waals surface area (Å²) in [6, 6.07) is 5.04. The molecule has 1 atom stereocenters. The first-order valence-corrected chi connectivity index (χ1v) is 10.7. The molecule has 3 rings (SSSR count). The molecule has 1 heterocycles. The van der Waals surface area contributed by atoms with E-state index in [0.29, 0.717) is 36.7 Å². The molecule has 2 N–H and O–H groups in total. The fraction of sp³-hybridized carbons (Fsp3) is 0.524. The number of guanidine groups is 1. The Balaban J connectivity index is 1.53. The zero-order chi connectivity index (χ0) is 20.1. The Morgan fingerprint density at radius 3 is 2.75 bits per heavy atom. The average Bonchev–Trinajstić information content (AvgIpc) is 3.38. The van der Waals surface area contributed by atoms with Crippen LogP contribution in [0.5, 0.6) is 5.75 Å². The number of halogens is 1. The minimum atomic E-state index is -0.321. The van der Waals surface area contributed by atoms with E-state index in [1.165, 1.54) is 18.9 Å². The predicted molar refractivity (Wildman–Crippen MR) is 113 cm³/mol. The van der Waals surface area contributed by atoms with Gasteiger partial charge in [-0.1, -0.05) is 19.9 Å². The summed E-state index contributed by atoms with van der Waals surface area (Å²) in [7, 11) is 1.72. The molecule has 1 fully saturated rings. The van der Waals surface area contributed by atoms with Gasteiger partial charge in [-0.15, -0.1) is 11.3 Å². The fourth-order valence-corrected chi connectivity index (χ4v) is 3.56. The summed E-state index contributed by atoms with van der Waals surface area (Å²) in [5.41, 5.74) is 1.84. The highest BCUT2D eigenvalue weighted by Crippen LogP contribution is 2.30. The molecule has 1 aromatic carbocycles. The van der Waals surface area contributed by atoms with E-state index < -0.39 is 0 Å². The van der Waals surface area contributed by atoms with E-state index in [9.17, 15) is 4.39 Å². The van der Waals surface area contributed by atoms with Gasteiger partial charge in [-0.3, -0.25) is 4.99 Å². The summed E-state index contributed by atoms with van der Waals surface area (Å²) in [4.78, 5) is 8.88. The van der Waals surface area contributed by atoms with E-state index in [2.05, 4.69) is 39.8 Å². The fourth-order valence-electron chi connectivity index (χ4n) is 2.72. The Morgan fingerprint density at radius 2 is 2.14 bits per heavy atom. The second-order valence-electron chi connectivity index (χ2n) is 7.57. The van der Waals surface area contributed by atoms with Gasteiger partial charge in [0.25, 0.3) is 0 Å². The Bertz CT molecular complexity index is 816. The van der Waals surface area contributed by atoms with Gasteiger partial charge in [0.2, 0.25) is 0 Å². The summed E-state index contributed by atoms with van der Waals surface area (Å²) in [5.74, 6) is 1.69. The van der Waals surface area contributed by atoms with E-state index in [1.807, 2.05) is 13.0 Å². The highest BCUT2D eigenvalue weighted by molar-refractivity contribution is 7.09. The molecule has 2 aromatic rings. The first-order valence-electron chi connectivity index (χ1n) is 9.80. The lowest BCUT2D eigenvalue weighted by atomic mass is 10.1. The molecule has 0 spiro atoms. The van der Waals surface area contributed by atoms with Crippen molar-refractivity contribution in [1.82, 2.24) is 15.6 Å². The molecule has 1 unspecified atom stereocenters. The molecule has 0 bridgehead atoms. The van der Waals surface area contributed by atoms with E-state index in [0.717, 1.165) is 16.3 Å². The van der Waals surface area contributed by atoms with Crippen LogP contribution in [0.15, 0.2) is 28.6 Å². The van der Waals surface area contributed by atoms with Gasteiger partial charge in [0.05, 0.1) is 29.9 Å². The number of hydrogen-bond acceptors (Lipinski definition) is 4. The third kappa shape index (κ3) is 5.67. The normalized spacial score (nSPS) is 15.6. The molecule has 7 heteroatoms. The number of aliphatic imine (C=N–C) groups is 1. The summed E-state index contributed by atoms with van der Waals surface area (Å²) < 4.78 is 19.9. The molecule has 1 aliphatic carbocycles. The second kappa shape index (κ2) is 9.37. The monoisotopic (exact) mass is 404 g/mol. The van der Waals surface area contributed by atoms with Gasteiger partial charge in [0.15, 0.2) is 17.5 Å². The largest absolute Gasteiger partial charge is 0.490 e. The van der Waals surface area contributed by atoms with Crippen LogP contribution < -0.4 is 15.4 Å². The van der Waals surface area contributed by atoms with Crippen LogP contribution in [0.1, 0.15) is 61.8 Å². The van der Waals surface area contributed by atoms with Crippen LogP contribution in [0.2, 0.25) is 0 Å². The number of benzene rings is 1. The molecule has 0 radical (unpaired) electrons. The first-order chi connectivity index (χ1) is 13.5. The highest BCUT2D eigenvalue weighted by atomic mass is 32.1. The van der Waals surface area contributed by atoms with Crippen LogP contribution >= 0.6 is 11.3 Å². The topological polar surface area (TPSA) is 58.5 Å². The number of nitrogens with zero attached hydrogens (tertiary/aromatic N) is 2. The van der Waals surface area contributed by atoms with Crippen molar-refractivity contribution < 1.29 is 9.13 Å². The molecule has 5 nitrogen and oxygen atoms in total. The summed E-state index contributed by atoms with van der Waals surface area (Å²) in [5, 5.41) is 9.76. The highest BCUT2D eigenvalue weighted by Gasteiger charge is 2.22. The van der Waals surface area contributed by atoms with E-state index in [1.54, 1.807) is 24.5 Å². The van der Waals surface area contributed by atoms with Crippen LogP contribution in [0.4, 0.5) is 4.39 Å². The predicted octanol–water partition coefficient (Wildman–Crippen LogP) is 4.62. The molecule has 1 saturated carbocycles. The summed E-state index contributed by atoms with van der Waals surface area (Å²) in [6.45, 7) is 7.46. The van der Waals surface area contributed by atoms with Gasteiger partial charge < -0.3 is 15.4 Å². The third-order valence-electron chi connectivity index (χ3n) is 4.70. The SMILES string of the molecule is CN=C(NCc1csc(C(C)C)n1)NC(C)c1ccc(OCC2CC2)c(F)c1. The molecular weight excluding hydrogens is 375 g/mol. The maximum Gasteiger partial charge on any atom is 0.191 e. The van der Waals surface area contributed by atoms with Crippen molar-refractivity contribution in [3.63, 3.8) is 0 Å². The maximum atomic E-state index is 14.3. The molecule has 1 aliphatic rings. The van der Waals surface area contributed by atoms with Gasteiger partial charge in [-0.25, -0.2) is 9.37 Å². The van der Waals surface area contributed by atoms with Crippen LogP contribution in [0.3, 0.4) is 0 Å². The lowest BCUT2D eigenvalue weighted by Crippen LogP contribution is -2.38. The molecule has 1 aromatic heterocycles. The van der Waals surface area contributed by atoms with Gasteiger partial charge >= 0.3 is 0 Å². The Hall–Kier alpha value is -2.15. The first kappa shape index (κ1) is 20.6. The van der Waals surface area contributed by atoms with E-state index >= 15 is 0 Å². The number of aromatic nitrogens is 1. The third-order valence-corrected chi connectivity index (χ3v) is 5.90. The van der Waals surface area contributed by atoms with Crippen molar-refractivity contribution in [2.75, 3.05) is 13.7 Å². The molecular formula is C21H29FN4OS. The Morgan fingerprint density at radius 1 is 1.36 bits per heavy atom. The molecule has 28 heavy (non-hydrogen) atoms. The minimum Gasteiger partial charge on any atom is -0.490 e. The maximum absolute atomic E-state index is 14.3. The molecule has 0 aliphatic heterocycles. The van der Waals surface area contributed by atoms with Crippen molar-refractivity contribution in [3.8, 4) is 5.75 Å². The number of nitrogens with one attached hydrogen (secondary N) is 2. The minimum absolute atomic E-state index is 0.0974. The summed E-state index contributed by atoms with van der Waals surface area (Å²) >= 11 is 1.68. The zero-order valence-electron chi connectivity index (χ0n) is 17.0. The van der Waals surface area contributed by atoms with Crippen LogP contribution in [-0.2, 0) is 6.54 Å². The average molecular weight is 405 g/mol. The van der Waals surface area contributed by atoms with E-state index in [-0.39, 0.29) is 11.9 Å². The Kier molecular flexibility index (Phi) is 6.88. The molecule has 0 amide bonds. The van der Waals surface area contributed by atoms with Gasteiger partial charge in [-0.05, 0) is 43.4 Å². The number of hydrogen-bond donors (Lipinski definition) is 2. The van der Waals surface area contributed by atoms with Crippen molar-refractivity contribution in [3.05, 3.63) is 45.7 Å². The second-order valence-corrected chi connectivity index (χ2v) is 8.46. The van der Waals surface area contributed by atoms with Crippen molar-refractivity contribution in [2.24, 2.45) is 10.9 Å². The lowest BCUT2D eigenvalue weighted by molar-refractivity contribution is 0.285.